The highest BCUT2D eigenvalue weighted by molar-refractivity contribution is 5.76. The number of halogens is 3. The molecule has 1 aromatic rings. The van der Waals surface area contributed by atoms with Gasteiger partial charge in [0.1, 0.15) is 13.1 Å². The summed E-state index contributed by atoms with van der Waals surface area (Å²) in [4.78, 5) is 13.0. The lowest BCUT2D eigenvalue weighted by molar-refractivity contribution is -0.166. The van der Waals surface area contributed by atoms with Crippen LogP contribution in [0.2, 0.25) is 0 Å². The van der Waals surface area contributed by atoms with Gasteiger partial charge in [-0.25, -0.2) is 4.68 Å². The molecule has 0 aliphatic rings. The second-order valence-electron chi connectivity index (χ2n) is 4.72. The van der Waals surface area contributed by atoms with Crippen molar-refractivity contribution in [2.75, 3.05) is 6.54 Å². The van der Waals surface area contributed by atoms with Crippen LogP contribution in [0, 0.1) is 0 Å². The zero-order chi connectivity index (χ0) is 16.0. The summed E-state index contributed by atoms with van der Waals surface area (Å²) in [5, 5.41) is 7.38. The highest BCUT2D eigenvalue weighted by Crippen LogP contribution is 2.20. The molecule has 6 nitrogen and oxygen atoms in total. The van der Waals surface area contributed by atoms with Crippen LogP contribution >= 0.6 is 0 Å². The van der Waals surface area contributed by atoms with Crippen molar-refractivity contribution in [2.24, 2.45) is 5.73 Å². The van der Waals surface area contributed by atoms with Crippen LogP contribution in [0.5, 0.6) is 0 Å². The normalized spacial score (nSPS) is 12.0. The Morgan fingerprint density at radius 3 is 2.48 bits per heavy atom. The third-order valence-corrected chi connectivity index (χ3v) is 3.15. The predicted molar refractivity (Wildman–Crippen MR) is 70.1 cm³/mol. The average molecular weight is 307 g/mol. The molecule has 120 valence electrons. The number of hydrogen-bond donors (Lipinski definition) is 1. The summed E-state index contributed by atoms with van der Waals surface area (Å²) in [6.45, 7) is 2.14. The maximum absolute atomic E-state index is 12.7. The standard InChI is InChI=1S/C12H20F3N5O/c1-3-10(4-2)20(8-12(13,14)15)11(21)7-19-6-9(5-16)17-18-19/h6,10H,3-5,7-8,16H2,1-2H3. The maximum Gasteiger partial charge on any atom is 0.406 e. The van der Waals surface area contributed by atoms with Crippen LogP contribution < -0.4 is 5.73 Å². The number of aromatic nitrogens is 3. The Kier molecular flexibility index (Phi) is 6.13. The van der Waals surface area contributed by atoms with Crippen molar-refractivity contribution >= 4 is 5.91 Å². The third kappa shape index (κ3) is 5.33. The van der Waals surface area contributed by atoms with Gasteiger partial charge < -0.3 is 10.6 Å². The lowest BCUT2D eigenvalue weighted by Gasteiger charge is -2.31. The van der Waals surface area contributed by atoms with Crippen LogP contribution in [0.4, 0.5) is 13.2 Å². The van der Waals surface area contributed by atoms with Gasteiger partial charge in [-0.2, -0.15) is 13.2 Å². The van der Waals surface area contributed by atoms with Gasteiger partial charge in [0.25, 0.3) is 0 Å². The molecule has 1 aromatic heterocycles. The summed E-state index contributed by atoms with van der Waals surface area (Å²) < 4.78 is 39.2. The molecule has 0 aliphatic heterocycles. The summed E-state index contributed by atoms with van der Waals surface area (Å²) in [5.41, 5.74) is 5.85. The van der Waals surface area contributed by atoms with E-state index in [1.807, 2.05) is 0 Å². The molecular formula is C12H20F3N5O. The van der Waals surface area contributed by atoms with E-state index in [0.717, 1.165) is 4.90 Å². The van der Waals surface area contributed by atoms with E-state index in [2.05, 4.69) is 10.3 Å². The molecule has 1 rings (SSSR count). The van der Waals surface area contributed by atoms with E-state index in [4.69, 9.17) is 5.73 Å². The number of rotatable bonds is 7. The number of nitrogens with zero attached hydrogens (tertiary/aromatic N) is 4. The van der Waals surface area contributed by atoms with Crippen molar-refractivity contribution in [3.63, 3.8) is 0 Å². The van der Waals surface area contributed by atoms with Gasteiger partial charge in [0.2, 0.25) is 5.91 Å². The molecule has 0 spiro atoms. The summed E-state index contributed by atoms with van der Waals surface area (Å²) >= 11 is 0. The summed E-state index contributed by atoms with van der Waals surface area (Å²) in [6.07, 6.45) is -2.05. The number of nitrogens with two attached hydrogens (primary N) is 1. The zero-order valence-corrected chi connectivity index (χ0v) is 12.1. The first-order chi connectivity index (χ1) is 9.80. The van der Waals surface area contributed by atoms with Crippen molar-refractivity contribution in [1.82, 2.24) is 19.9 Å². The highest BCUT2D eigenvalue weighted by atomic mass is 19.4. The summed E-state index contributed by atoms with van der Waals surface area (Å²) in [5.74, 6) is -0.630. The van der Waals surface area contributed by atoms with Crippen LogP contribution in [-0.4, -0.2) is 44.6 Å². The van der Waals surface area contributed by atoms with Gasteiger partial charge in [-0.15, -0.1) is 5.10 Å². The number of alkyl halides is 3. The van der Waals surface area contributed by atoms with Crippen LogP contribution in [-0.2, 0) is 17.9 Å². The molecule has 0 saturated heterocycles. The van der Waals surface area contributed by atoms with E-state index in [1.54, 1.807) is 13.8 Å². The Balaban J connectivity index is 2.83. The van der Waals surface area contributed by atoms with E-state index >= 15 is 0 Å². The Hall–Kier alpha value is -1.64. The van der Waals surface area contributed by atoms with Gasteiger partial charge in [-0.05, 0) is 12.8 Å². The summed E-state index contributed by atoms with van der Waals surface area (Å²) in [6, 6.07) is -0.448. The van der Waals surface area contributed by atoms with Crippen molar-refractivity contribution in [3.05, 3.63) is 11.9 Å². The van der Waals surface area contributed by atoms with Crippen LogP contribution in [0.1, 0.15) is 32.4 Å². The zero-order valence-electron chi connectivity index (χ0n) is 12.1. The highest BCUT2D eigenvalue weighted by Gasteiger charge is 2.35. The van der Waals surface area contributed by atoms with E-state index in [1.165, 1.54) is 10.9 Å². The second-order valence-corrected chi connectivity index (χ2v) is 4.72. The van der Waals surface area contributed by atoms with E-state index < -0.39 is 24.7 Å². The van der Waals surface area contributed by atoms with Gasteiger partial charge in [0.05, 0.1) is 11.9 Å². The minimum absolute atomic E-state index is 0.160. The molecule has 0 aliphatic carbocycles. The van der Waals surface area contributed by atoms with E-state index in [-0.39, 0.29) is 13.1 Å². The number of amides is 1. The van der Waals surface area contributed by atoms with Crippen molar-refractivity contribution in [3.8, 4) is 0 Å². The van der Waals surface area contributed by atoms with Gasteiger partial charge in [-0.3, -0.25) is 4.79 Å². The minimum Gasteiger partial charge on any atom is -0.329 e. The Morgan fingerprint density at radius 2 is 2.05 bits per heavy atom. The predicted octanol–water partition coefficient (Wildman–Crippen LogP) is 1.32. The molecule has 1 amide bonds. The molecule has 0 unspecified atom stereocenters. The molecule has 0 atom stereocenters. The lowest BCUT2D eigenvalue weighted by Crippen LogP contribution is -2.46. The number of carbonyl (C=O) groups excluding carboxylic acids is 1. The first-order valence-electron chi connectivity index (χ1n) is 6.76. The first-order valence-corrected chi connectivity index (χ1v) is 6.76. The molecule has 1 heterocycles. The van der Waals surface area contributed by atoms with Crippen molar-refractivity contribution in [2.45, 2.75) is 52.0 Å². The monoisotopic (exact) mass is 307 g/mol. The Bertz CT molecular complexity index is 456. The van der Waals surface area contributed by atoms with Crippen LogP contribution in [0.25, 0.3) is 0 Å². The van der Waals surface area contributed by atoms with Crippen LogP contribution in [0.15, 0.2) is 6.20 Å². The Morgan fingerprint density at radius 1 is 1.43 bits per heavy atom. The topological polar surface area (TPSA) is 77.0 Å². The molecular weight excluding hydrogens is 287 g/mol. The fraction of sp³-hybridized carbons (Fsp3) is 0.750. The van der Waals surface area contributed by atoms with Crippen LogP contribution in [0.3, 0.4) is 0 Å². The van der Waals surface area contributed by atoms with E-state index in [0.29, 0.717) is 18.5 Å². The van der Waals surface area contributed by atoms with Gasteiger partial charge in [0.15, 0.2) is 0 Å². The third-order valence-electron chi connectivity index (χ3n) is 3.15. The fourth-order valence-electron chi connectivity index (χ4n) is 2.08. The Labute approximate surface area is 121 Å². The fourth-order valence-corrected chi connectivity index (χ4v) is 2.08. The van der Waals surface area contributed by atoms with E-state index in [9.17, 15) is 18.0 Å². The van der Waals surface area contributed by atoms with Crippen molar-refractivity contribution in [1.29, 1.82) is 0 Å². The van der Waals surface area contributed by atoms with Crippen molar-refractivity contribution < 1.29 is 18.0 Å². The molecule has 21 heavy (non-hydrogen) atoms. The molecule has 0 fully saturated rings. The average Bonchev–Trinajstić information content (AvgIpc) is 2.85. The smallest absolute Gasteiger partial charge is 0.329 e. The molecule has 2 N–H and O–H groups in total. The first kappa shape index (κ1) is 17.4. The lowest BCUT2D eigenvalue weighted by atomic mass is 10.1. The molecule has 0 aromatic carbocycles. The molecule has 0 bridgehead atoms. The summed E-state index contributed by atoms with van der Waals surface area (Å²) in [7, 11) is 0. The second kappa shape index (κ2) is 7.39. The maximum atomic E-state index is 12.7. The molecule has 0 radical (unpaired) electrons. The SMILES string of the molecule is CCC(CC)N(CC(F)(F)F)C(=O)Cn1cc(CN)nn1. The number of hydrogen-bond acceptors (Lipinski definition) is 4. The minimum atomic E-state index is -4.43. The van der Waals surface area contributed by atoms with Gasteiger partial charge >= 0.3 is 6.18 Å². The van der Waals surface area contributed by atoms with Gasteiger partial charge in [0, 0.05) is 12.6 Å². The quantitative estimate of drug-likeness (QED) is 0.824. The largest absolute Gasteiger partial charge is 0.406 e. The van der Waals surface area contributed by atoms with Gasteiger partial charge in [-0.1, -0.05) is 19.1 Å². The molecule has 9 heteroatoms. The number of carbonyl (C=O) groups is 1. The molecule has 0 saturated carbocycles.